The van der Waals surface area contributed by atoms with Crippen LogP contribution >= 0.6 is 11.6 Å². The number of nitrogens with one attached hydrogen (secondary N) is 1. The zero-order valence-electron chi connectivity index (χ0n) is 12.1. The van der Waals surface area contributed by atoms with Gasteiger partial charge in [-0.1, -0.05) is 23.7 Å². The Morgan fingerprint density at radius 3 is 2.79 bits per heavy atom. The van der Waals surface area contributed by atoms with Crippen LogP contribution in [0, 0.1) is 15.9 Å². The topological polar surface area (TPSA) is 94.1 Å². The van der Waals surface area contributed by atoms with Gasteiger partial charge in [0.05, 0.1) is 17.0 Å². The van der Waals surface area contributed by atoms with Crippen molar-refractivity contribution in [3.05, 3.63) is 69.3 Å². The second kappa shape index (κ2) is 6.63. The number of nitrogens with zero attached hydrogens (tertiary/aromatic N) is 3. The summed E-state index contributed by atoms with van der Waals surface area (Å²) in [5, 5.41) is 21.4. The Morgan fingerprint density at radius 2 is 2.04 bits per heavy atom. The highest BCUT2D eigenvalue weighted by Crippen LogP contribution is 2.27. The Bertz CT molecular complexity index is 900. The van der Waals surface area contributed by atoms with Gasteiger partial charge < -0.3 is 9.73 Å². The normalized spacial score (nSPS) is 10.6. The number of hydrogen-bond acceptors (Lipinski definition) is 6. The average Bonchev–Trinajstić information content (AvgIpc) is 3.03. The minimum absolute atomic E-state index is 0.0465. The van der Waals surface area contributed by atoms with Crippen LogP contribution in [-0.2, 0) is 6.54 Å². The maximum absolute atomic E-state index is 13.7. The molecule has 0 atom stereocenters. The molecule has 0 aliphatic heterocycles. The number of benzene rings is 2. The third-order valence-corrected chi connectivity index (χ3v) is 3.48. The highest BCUT2D eigenvalue weighted by molar-refractivity contribution is 6.32. The molecule has 7 nitrogen and oxygen atoms in total. The molecule has 0 fully saturated rings. The van der Waals surface area contributed by atoms with Crippen LogP contribution in [0.1, 0.15) is 5.89 Å². The van der Waals surface area contributed by atoms with Crippen LogP contribution < -0.4 is 5.32 Å². The van der Waals surface area contributed by atoms with Crippen LogP contribution in [0.5, 0.6) is 0 Å². The second-order valence-electron chi connectivity index (χ2n) is 4.76. The summed E-state index contributed by atoms with van der Waals surface area (Å²) in [5.41, 5.74) is 0.467. The van der Waals surface area contributed by atoms with Crippen molar-refractivity contribution in [3.8, 4) is 11.5 Å². The minimum Gasteiger partial charge on any atom is -0.419 e. The molecule has 0 radical (unpaired) electrons. The molecule has 1 N–H and O–H groups in total. The Hall–Kier alpha value is -3.00. The average molecular weight is 349 g/mol. The highest BCUT2D eigenvalue weighted by Gasteiger charge is 2.14. The standard InChI is InChI=1S/C15H10ClFN4O3/c16-11-6-5-9(7-13(11)21(22)23)18-8-14-19-20-15(24-14)10-3-1-2-4-12(10)17/h1-7,18H,8H2. The lowest BCUT2D eigenvalue weighted by Gasteiger charge is -2.04. The molecular weight excluding hydrogens is 339 g/mol. The SMILES string of the molecule is O=[N+]([O-])c1cc(NCc2nnc(-c3ccccc3F)o2)ccc1Cl. The van der Waals surface area contributed by atoms with Crippen LogP contribution in [0.15, 0.2) is 46.9 Å². The minimum atomic E-state index is -0.573. The highest BCUT2D eigenvalue weighted by atomic mass is 35.5. The second-order valence-corrected chi connectivity index (χ2v) is 5.16. The largest absolute Gasteiger partial charge is 0.419 e. The lowest BCUT2D eigenvalue weighted by Crippen LogP contribution is -2.00. The quantitative estimate of drug-likeness (QED) is 0.552. The molecule has 2 aromatic carbocycles. The van der Waals surface area contributed by atoms with Gasteiger partial charge in [0.15, 0.2) is 0 Å². The first-order chi connectivity index (χ1) is 11.5. The number of nitro benzene ring substituents is 1. The van der Waals surface area contributed by atoms with Crippen molar-refractivity contribution >= 4 is 23.0 Å². The Kier molecular flexibility index (Phi) is 4.39. The van der Waals surface area contributed by atoms with Crippen molar-refractivity contribution in [3.63, 3.8) is 0 Å². The molecule has 9 heteroatoms. The van der Waals surface area contributed by atoms with Gasteiger partial charge >= 0.3 is 0 Å². The predicted octanol–water partition coefficient (Wildman–Crippen LogP) is 4.05. The van der Waals surface area contributed by atoms with Gasteiger partial charge in [-0.3, -0.25) is 10.1 Å². The number of nitro groups is 1. The molecule has 3 aromatic rings. The molecule has 0 unspecified atom stereocenters. The van der Waals surface area contributed by atoms with E-state index in [4.69, 9.17) is 16.0 Å². The molecule has 0 aliphatic carbocycles. The Morgan fingerprint density at radius 1 is 1.25 bits per heavy atom. The first-order valence-electron chi connectivity index (χ1n) is 6.79. The lowest BCUT2D eigenvalue weighted by atomic mass is 10.2. The van der Waals surface area contributed by atoms with Crippen molar-refractivity contribution in [2.45, 2.75) is 6.54 Å². The predicted molar refractivity (Wildman–Crippen MR) is 85.1 cm³/mol. The number of halogens is 2. The molecule has 0 aliphatic rings. The Labute approximate surface area is 140 Å². The molecule has 122 valence electrons. The van der Waals surface area contributed by atoms with E-state index in [0.29, 0.717) is 5.69 Å². The molecule has 1 aromatic heterocycles. The van der Waals surface area contributed by atoms with Crippen molar-refractivity contribution < 1.29 is 13.7 Å². The third-order valence-electron chi connectivity index (χ3n) is 3.16. The number of anilines is 1. The van der Waals surface area contributed by atoms with E-state index in [2.05, 4.69) is 15.5 Å². The van der Waals surface area contributed by atoms with Crippen molar-refractivity contribution in [1.29, 1.82) is 0 Å². The van der Waals surface area contributed by atoms with Crippen LogP contribution in [0.2, 0.25) is 5.02 Å². The monoisotopic (exact) mass is 348 g/mol. The van der Waals surface area contributed by atoms with Gasteiger partial charge in [-0.15, -0.1) is 10.2 Å². The summed E-state index contributed by atoms with van der Waals surface area (Å²) < 4.78 is 19.1. The molecule has 0 saturated heterocycles. The molecule has 0 spiro atoms. The number of aromatic nitrogens is 2. The van der Waals surface area contributed by atoms with Gasteiger partial charge in [-0.25, -0.2) is 4.39 Å². The smallest absolute Gasteiger partial charge is 0.289 e. The van der Waals surface area contributed by atoms with E-state index >= 15 is 0 Å². The fourth-order valence-electron chi connectivity index (χ4n) is 2.01. The fourth-order valence-corrected chi connectivity index (χ4v) is 2.20. The molecular formula is C15H10ClFN4O3. The van der Waals surface area contributed by atoms with Gasteiger partial charge in [0.25, 0.3) is 11.6 Å². The Balaban J connectivity index is 1.73. The first-order valence-corrected chi connectivity index (χ1v) is 7.17. The molecule has 3 rings (SSSR count). The summed E-state index contributed by atoms with van der Waals surface area (Å²) >= 11 is 5.75. The lowest BCUT2D eigenvalue weighted by molar-refractivity contribution is -0.384. The van der Waals surface area contributed by atoms with Gasteiger partial charge in [-0.2, -0.15) is 0 Å². The fraction of sp³-hybridized carbons (Fsp3) is 0.0667. The molecule has 0 saturated carbocycles. The van der Waals surface area contributed by atoms with E-state index in [9.17, 15) is 14.5 Å². The van der Waals surface area contributed by atoms with Crippen LogP contribution in [0.4, 0.5) is 15.8 Å². The van der Waals surface area contributed by atoms with Gasteiger partial charge in [-0.05, 0) is 24.3 Å². The molecule has 1 heterocycles. The summed E-state index contributed by atoms with van der Waals surface area (Å²) in [7, 11) is 0. The maximum Gasteiger partial charge on any atom is 0.289 e. The summed E-state index contributed by atoms with van der Waals surface area (Å²) in [5.74, 6) is -0.188. The van der Waals surface area contributed by atoms with E-state index in [1.807, 2.05) is 0 Å². The van der Waals surface area contributed by atoms with Crippen molar-refractivity contribution in [2.75, 3.05) is 5.32 Å². The van der Waals surface area contributed by atoms with Gasteiger partial charge in [0.2, 0.25) is 5.89 Å². The van der Waals surface area contributed by atoms with Crippen LogP contribution in [0.25, 0.3) is 11.5 Å². The number of rotatable bonds is 5. The van der Waals surface area contributed by atoms with E-state index in [1.165, 1.54) is 24.3 Å². The van der Waals surface area contributed by atoms with E-state index < -0.39 is 10.7 Å². The van der Waals surface area contributed by atoms with Crippen LogP contribution in [-0.4, -0.2) is 15.1 Å². The maximum atomic E-state index is 13.7. The van der Waals surface area contributed by atoms with Crippen molar-refractivity contribution in [2.24, 2.45) is 0 Å². The zero-order chi connectivity index (χ0) is 17.1. The van der Waals surface area contributed by atoms with E-state index in [-0.39, 0.29) is 34.6 Å². The molecule has 0 bridgehead atoms. The van der Waals surface area contributed by atoms with Gasteiger partial charge in [0.1, 0.15) is 10.8 Å². The zero-order valence-corrected chi connectivity index (χ0v) is 12.8. The first kappa shape index (κ1) is 15.9. The van der Waals surface area contributed by atoms with Crippen molar-refractivity contribution in [1.82, 2.24) is 10.2 Å². The third kappa shape index (κ3) is 3.33. The van der Waals surface area contributed by atoms with E-state index in [1.54, 1.807) is 18.2 Å². The van der Waals surface area contributed by atoms with E-state index in [0.717, 1.165) is 0 Å². The summed E-state index contributed by atoms with van der Waals surface area (Å²) in [6, 6.07) is 10.4. The summed E-state index contributed by atoms with van der Waals surface area (Å²) in [6.45, 7) is 0.125. The molecule has 24 heavy (non-hydrogen) atoms. The molecule has 0 amide bonds. The summed E-state index contributed by atoms with van der Waals surface area (Å²) in [4.78, 5) is 10.3. The van der Waals surface area contributed by atoms with Crippen LogP contribution in [0.3, 0.4) is 0 Å². The number of hydrogen-bond donors (Lipinski definition) is 1. The summed E-state index contributed by atoms with van der Waals surface area (Å²) in [6.07, 6.45) is 0. The van der Waals surface area contributed by atoms with Gasteiger partial charge in [0, 0.05) is 11.8 Å².